The molecular formula is C49H95NO8. The standard InChI is InChI=1S/C49H95NO8/c1-3-5-7-9-11-12-13-14-15-16-17-18-19-20-21-22-23-24-25-26-27-28-29-30-31-33-35-37-39-45(53)50-42(43(52)38-36-34-32-10-8-6-4-2)41-57-49-48(56)47(55)46(54)44(40-51)58-49/h36,38,42-44,46-49,51-52,54-56H,3-35,37,39-41H2,1-2H3,(H,50,53)/b38-36+. The average molecular weight is 826 g/mol. The molecule has 58 heavy (non-hydrogen) atoms. The van der Waals surface area contributed by atoms with Crippen molar-refractivity contribution in [3.05, 3.63) is 12.2 Å². The predicted octanol–water partition coefficient (Wildman–Crippen LogP) is 10.9. The van der Waals surface area contributed by atoms with Crippen LogP contribution in [-0.2, 0) is 14.3 Å². The van der Waals surface area contributed by atoms with Crippen LogP contribution in [0.5, 0.6) is 0 Å². The first-order chi connectivity index (χ1) is 28.3. The number of ether oxygens (including phenoxy) is 2. The van der Waals surface area contributed by atoms with E-state index in [2.05, 4.69) is 19.2 Å². The third kappa shape index (κ3) is 30.0. The zero-order chi connectivity index (χ0) is 42.3. The van der Waals surface area contributed by atoms with E-state index in [4.69, 9.17) is 9.47 Å². The van der Waals surface area contributed by atoms with E-state index in [9.17, 15) is 30.3 Å². The van der Waals surface area contributed by atoms with E-state index >= 15 is 0 Å². The van der Waals surface area contributed by atoms with Gasteiger partial charge in [-0.05, 0) is 19.3 Å². The second-order valence-corrected chi connectivity index (χ2v) is 17.6. The first-order valence-corrected chi connectivity index (χ1v) is 24.9. The smallest absolute Gasteiger partial charge is 0.220 e. The van der Waals surface area contributed by atoms with Crippen LogP contribution in [0, 0.1) is 0 Å². The first-order valence-electron chi connectivity index (χ1n) is 24.9. The molecule has 1 rings (SSSR count). The molecular weight excluding hydrogens is 731 g/mol. The molecule has 0 aromatic carbocycles. The molecule has 7 atom stereocenters. The van der Waals surface area contributed by atoms with Gasteiger partial charge in [0.25, 0.3) is 0 Å². The zero-order valence-electron chi connectivity index (χ0n) is 37.8. The normalized spacial score (nSPS) is 20.8. The number of aliphatic hydroxyl groups is 5. The summed E-state index contributed by atoms with van der Waals surface area (Å²) in [5.41, 5.74) is 0. The molecule has 1 amide bonds. The van der Waals surface area contributed by atoms with E-state index in [-0.39, 0.29) is 12.5 Å². The summed E-state index contributed by atoms with van der Waals surface area (Å²) in [5, 5.41) is 53.9. The number of hydrogen-bond donors (Lipinski definition) is 6. The van der Waals surface area contributed by atoms with Crippen molar-refractivity contribution < 1.29 is 39.8 Å². The van der Waals surface area contributed by atoms with E-state index in [1.807, 2.05) is 6.08 Å². The third-order valence-corrected chi connectivity index (χ3v) is 12.1. The van der Waals surface area contributed by atoms with Gasteiger partial charge in [-0.15, -0.1) is 0 Å². The summed E-state index contributed by atoms with van der Waals surface area (Å²) in [7, 11) is 0. The van der Waals surface area contributed by atoms with Gasteiger partial charge in [-0.1, -0.05) is 225 Å². The number of carbonyl (C=O) groups is 1. The molecule has 1 aliphatic rings. The number of rotatable bonds is 42. The number of carbonyl (C=O) groups excluding carboxylic acids is 1. The zero-order valence-corrected chi connectivity index (χ0v) is 37.8. The van der Waals surface area contributed by atoms with E-state index < -0.39 is 49.5 Å². The van der Waals surface area contributed by atoms with Gasteiger partial charge in [0, 0.05) is 6.42 Å². The summed E-state index contributed by atoms with van der Waals surface area (Å²) in [6, 6.07) is -0.796. The Kier molecular flexibility index (Phi) is 37.9. The molecule has 0 aliphatic carbocycles. The highest BCUT2D eigenvalue weighted by Crippen LogP contribution is 2.23. The number of hydrogen-bond acceptors (Lipinski definition) is 8. The van der Waals surface area contributed by atoms with Crippen LogP contribution < -0.4 is 5.32 Å². The molecule has 1 saturated heterocycles. The van der Waals surface area contributed by atoms with E-state index in [1.165, 1.54) is 180 Å². The molecule has 9 nitrogen and oxygen atoms in total. The maximum atomic E-state index is 12.9. The van der Waals surface area contributed by atoms with Crippen LogP contribution in [0.25, 0.3) is 0 Å². The van der Waals surface area contributed by atoms with Crippen LogP contribution in [0.4, 0.5) is 0 Å². The first kappa shape index (κ1) is 54.9. The number of allylic oxidation sites excluding steroid dienone is 1. The van der Waals surface area contributed by atoms with Gasteiger partial charge in [0.1, 0.15) is 24.4 Å². The second-order valence-electron chi connectivity index (χ2n) is 17.6. The van der Waals surface area contributed by atoms with Gasteiger partial charge in [0.15, 0.2) is 6.29 Å². The van der Waals surface area contributed by atoms with Crippen LogP contribution in [0.3, 0.4) is 0 Å². The maximum Gasteiger partial charge on any atom is 0.220 e. The summed E-state index contributed by atoms with van der Waals surface area (Å²) in [5.74, 6) is -0.177. The van der Waals surface area contributed by atoms with Crippen LogP contribution >= 0.6 is 0 Å². The maximum absolute atomic E-state index is 12.9. The van der Waals surface area contributed by atoms with Crippen LogP contribution in [0.1, 0.15) is 239 Å². The minimum absolute atomic E-state index is 0.177. The van der Waals surface area contributed by atoms with Crippen molar-refractivity contribution in [1.29, 1.82) is 0 Å². The van der Waals surface area contributed by atoms with Gasteiger partial charge in [-0.3, -0.25) is 4.79 Å². The van der Waals surface area contributed by atoms with E-state index in [0.29, 0.717) is 6.42 Å². The van der Waals surface area contributed by atoms with Gasteiger partial charge in [-0.2, -0.15) is 0 Å². The number of aliphatic hydroxyl groups excluding tert-OH is 5. The molecule has 0 saturated carbocycles. The van der Waals surface area contributed by atoms with Crippen molar-refractivity contribution in [2.24, 2.45) is 0 Å². The molecule has 1 aliphatic heterocycles. The molecule has 9 heteroatoms. The Morgan fingerprint density at radius 2 is 0.948 bits per heavy atom. The fraction of sp³-hybridized carbons (Fsp3) is 0.939. The van der Waals surface area contributed by atoms with Crippen LogP contribution in [0.2, 0.25) is 0 Å². The lowest BCUT2D eigenvalue weighted by Crippen LogP contribution is -2.60. The van der Waals surface area contributed by atoms with Gasteiger partial charge in [0.2, 0.25) is 5.91 Å². The van der Waals surface area contributed by atoms with Crippen molar-refractivity contribution in [3.8, 4) is 0 Å². The van der Waals surface area contributed by atoms with Crippen molar-refractivity contribution in [3.63, 3.8) is 0 Å². The molecule has 7 unspecified atom stereocenters. The van der Waals surface area contributed by atoms with E-state index in [0.717, 1.165) is 38.5 Å². The van der Waals surface area contributed by atoms with E-state index in [1.54, 1.807) is 6.08 Å². The predicted molar refractivity (Wildman–Crippen MR) is 240 cm³/mol. The van der Waals surface area contributed by atoms with Crippen molar-refractivity contribution in [1.82, 2.24) is 5.32 Å². The Hall–Kier alpha value is -1.07. The second kappa shape index (κ2) is 40.0. The largest absolute Gasteiger partial charge is 0.394 e. The van der Waals surface area contributed by atoms with Crippen molar-refractivity contribution >= 4 is 5.91 Å². The lowest BCUT2D eigenvalue weighted by Gasteiger charge is -2.40. The number of nitrogens with one attached hydrogen (secondary N) is 1. The topological polar surface area (TPSA) is 149 Å². The number of unbranched alkanes of at least 4 members (excludes halogenated alkanes) is 32. The minimum Gasteiger partial charge on any atom is -0.394 e. The summed E-state index contributed by atoms with van der Waals surface area (Å²) in [6.45, 7) is 3.73. The quantitative estimate of drug-likeness (QED) is 0.0263. The highest BCUT2D eigenvalue weighted by atomic mass is 16.7. The van der Waals surface area contributed by atoms with Gasteiger partial charge < -0.3 is 40.3 Å². The highest BCUT2D eigenvalue weighted by Gasteiger charge is 2.44. The summed E-state index contributed by atoms with van der Waals surface area (Å²) in [4.78, 5) is 12.9. The van der Waals surface area contributed by atoms with Crippen molar-refractivity contribution in [2.45, 2.75) is 281 Å². The summed E-state index contributed by atoms with van der Waals surface area (Å²) < 4.78 is 11.2. The Morgan fingerprint density at radius 1 is 0.569 bits per heavy atom. The van der Waals surface area contributed by atoms with Crippen LogP contribution in [-0.4, -0.2) is 87.5 Å². The molecule has 0 aromatic heterocycles. The molecule has 0 aromatic rings. The molecule has 0 radical (unpaired) electrons. The van der Waals surface area contributed by atoms with Crippen molar-refractivity contribution in [2.75, 3.05) is 13.2 Å². The Labute approximate surface area is 356 Å². The molecule has 344 valence electrons. The van der Waals surface area contributed by atoms with Crippen LogP contribution in [0.15, 0.2) is 12.2 Å². The molecule has 1 heterocycles. The third-order valence-electron chi connectivity index (χ3n) is 12.1. The SMILES string of the molecule is CCCCCCC/C=C/C(O)C(COC1OC(CO)C(O)C(O)C1O)NC(=O)CCCCCCCCCCCCCCCCCCCCCCCCCCCCCC. The summed E-state index contributed by atoms with van der Waals surface area (Å²) in [6.07, 6.45) is 40.3. The van der Waals surface area contributed by atoms with Gasteiger partial charge >= 0.3 is 0 Å². The highest BCUT2D eigenvalue weighted by molar-refractivity contribution is 5.76. The monoisotopic (exact) mass is 826 g/mol. The summed E-state index contributed by atoms with van der Waals surface area (Å²) >= 11 is 0. The fourth-order valence-corrected chi connectivity index (χ4v) is 8.10. The lowest BCUT2D eigenvalue weighted by molar-refractivity contribution is -0.302. The molecule has 1 fully saturated rings. The Balaban J connectivity index is 2.09. The molecule has 0 spiro atoms. The Morgan fingerprint density at radius 3 is 1.34 bits per heavy atom. The lowest BCUT2D eigenvalue weighted by atomic mass is 9.99. The fourth-order valence-electron chi connectivity index (χ4n) is 8.10. The average Bonchev–Trinajstić information content (AvgIpc) is 3.22. The van der Waals surface area contributed by atoms with Gasteiger partial charge in [-0.25, -0.2) is 0 Å². The van der Waals surface area contributed by atoms with Gasteiger partial charge in [0.05, 0.1) is 25.4 Å². The minimum atomic E-state index is -1.56. The molecule has 0 bridgehead atoms. The molecule has 6 N–H and O–H groups in total. The Bertz CT molecular complexity index is 919. The number of amides is 1.